The average Bonchev–Trinajstić information content (AvgIpc) is 2.75. The molecule has 1 amide bonds. The molecule has 0 saturated heterocycles. The second kappa shape index (κ2) is 9.05. The lowest BCUT2D eigenvalue weighted by Crippen LogP contribution is -2.14. The summed E-state index contributed by atoms with van der Waals surface area (Å²) in [6.07, 6.45) is 0. The Morgan fingerprint density at radius 1 is 0.931 bits per heavy atom. The first-order valence-corrected chi connectivity index (χ1v) is 8.71. The highest BCUT2D eigenvalue weighted by Crippen LogP contribution is 2.39. The van der Waals surface area contributed by atoms with Crippen LogP contribution in [0.1, 0.15) is 15.9 Å². The molecule has 0 atom stereocenters. The van der Waals surface area contributed by atoms with Crippen LogP contribution in [0.25, 0.3) is 0 Å². The lowest BCUT2D eigenvalue weighted by Gasteiger charge is -2.16. The molecular weight excluding hydrogens is 380 g/mol. The van der Waals surface area contributed by atoms with Crippen molar-refractivity contribution in [3.63, 3.8) is 0 Å². The van der Waals surface area contributed by atoms with Gasteiger partial charge in [0.2, 0.25) is 5.75 Å². The minimum Gasteiger partial charge on any atom is -0.493 e. The maximum atomic E-state index is 13.8. The van der Waals surface area contributed by atoms with Gasteiger partial charge in [0.05, 0.1) is 19.9 Å². The van der Waals surface area contributed by atoms with Gasteiger partial charge in [-0.05, 0) is 29.8 Å². The highest BCUT2D eigenvalue weighted by Gasteiger charge is 2.19. The molecule has 0 bridgehead atoms. The standard InChI is InChI=1S/C22H19F2NO4/c1-27-18-11-15(22(26)25-17-10-6-9-16(23)20(17)24)12-19(28-2)21(18)29-13-14-7-4-3-5-8-14/h3-12H,13H2,1-2H3,(H,25,26). The topological polar surface area (TPSA) is 56.8 Å². The number of rotatable bonds is 7. The molecule has 0 aliphatic rings. The molecule has 5 nitrogen and oxygen atoms in total. The molecule has 0 saturated carbocycles. The Labute approximate surface area is 166 Å². The molecule has 0 aliphatic carbocycles. The summed E-state index contributed by atoms with van der Waals surface area (Å²) in [6, 6.07) is 15.9. The third-order valence-electron chi connectivity index (χ3n) is 4.15. The average molecular weight is 399 g/mol. The number of carbonyl (C=O) groups is 1. The molecule has 0 aliphatic heterocycles. The van der Waals surface area contributed by atoms with Gasteiger partial charge in [-0.2, -0.15) is 0 Å². The first kappa shape index (κ1) is 20.1. The van der Waals surface area contributed by atoms with Crippen molar-refractivity contribution in [1.29, 1.82) is 0 Å². The van der Waals surface area contributed by atoms with Crippen LogP contribution >= 0.6 is 0 Å². The SMILES string of the molecule is COc1cc(C(=O)Nc2cccc(F)c2F)cc(OC)c1OCc1ccccc1. The van der Waals surface area contributed by atoms with Crippen LogP contribution in [-0.2, 0) is 6.61 Å². The van der Waals surface area contributed by atoms with E-state index in [1.807, 2.05) is 30.3 Å². The van der Waals surface area contributed by atoms with Crippen LogP contribution in [0.3, 0.4) is 0 Å². The number of anilines is 1. The van der Waals surface area contributed by atoms with Crippen molar-refractivity contribution in [2.24, 2.45) is 0 Å². The predicted octanol–water partition coefficient (Wildman–Crippen LogP) is 4.81. The molecular formula is C22H19F2NO4. The molecule has 150 valence electrons. The Morgan fingerprint density at radius 3 is 2.21 bits per heavy atom. The molecule has 7 heteroatoms. The van der Waals surface area contributed by atoms with Gasteiger partial charge in [-0.1, -0.05) is 36.4 Å². The van der Waals surface area contributed by atoms with E-state index in [1.54, 1.807) is 0 Å². The Kier molecular flexibility index (Phi) is 6.29. The van der Waals surface area contributed by atoms with Crippen molar-refractivity contribution >= 4 is 11.6 Å². The largest absolute Gasteiger partial charge is 0.493 e. The van der Waals surface area contributed by atoms with E-state index in [4.69, 9.17) is 14.2 Å². The highest BCUT2D eigenvalue weighted by atomic mass is 19.2. The number of hydrogen-bond acceptors (Lipinski definition) is 4. The molecule has 0 aromatic heterocycles. The highest BCUT2D eigenvalue weighted by molar-refractivity contribution is 6.05. The van der Waals surface area contributed by atoms with E-state index >= 15 is 0 Å². The Bertz CT molecular complexity index is 984. The fourth-order valence-electron chi connectivity index (χ4n) is 2.68. The third kappa shape index (κ3) is 4.63. The van der Waals surface area contributed by atoms with Crippen LogP contribution in [0.15, 0.2) is 60.7 Å². The lowest BCUT2D eigenvalue weighted by molar-refractivity contribution is 0.102. The number of ether oxygens (including phenoxy) is 3. The number of nitrogens with one attached hydrogen (secondary N) is 1. The van der Waals surface area contributed by atoms with Crippen molar-refractivity contribution in [3.8, 4) is 17.2 Å². The smallest absolute Gasteiger partial charge is 0.256 e. The quantitative estimate of drug-likeness (QED) is 0.619. The first-order valence-electron chi connectivity index (χ1n) is 8.71. The van der Waals surface area contributed by atoms with Gasteiger partial charge in [0.1, 0.15) is 6.61 Å². The second-order valence-electron chi connectivity index (χ2n) is 6.04. The van der Waals surface area contributed by atoms with Crippen LogP contribution in [0.4, 0.5) is 14.5 Å². The van der Waals surface area contributed by atoms with E-state index in [0.29, 0.717) is 5.75 Å². The summed E-state index contributed by atoms with van der Waals surface area (Å²) in [5.41, 5.74) is 0.812. The number of halogens is 2. The van der Waals surface area contributed by atoms with Gasteiger partial charge in [0, 0.05) is 5.56 Å². The lowest BCUT2D eigenvalue weighted by atomic mass is 10.1. The number of benzene rings is 3. The van der Waals surface area contributed by atoms with Crippen LogP contribution in [0.2, 0.25) is 0 Å². The zero-order chi connectivity index (χ0) is 20.8. The molecule has 1 N–H and O–H groups in total. The van der Waals surface area contributed by atoms with Gasteiger partial charge >= 0.3 is 0 Å². The Morgan fingerprint density at radius 2 is 1.59 bits per heavy atom. The van der Waals surface area contributed by atoms with E-state index < -0.39 is 17.5 Å². The minimum absolute atomic E-state index is 0.134. The normalized spacial score (nSPS) is 10.3. The zero-order valence-corrected chi connectivity index (χ0v) is 15.9. The van der Waals surface area contributed by atoms with Gasteiger partial charge in [-0.15, -0.1) is 0 Å². The molecule has 3 rings (SSSR count). The Hall–Kier alpha value is -3.61. The van der Waals surface area contributed by atoms with Crippen molar-refractivity contribution < 1.29 is 27.8 Å². The number of carbonyl (C=O) groups excluding carboxylic acids is 1. The Balaban J connectivity index is 1.86. The summed E-state index contributed by atoms with van der Waals surface area (Å²) in [7, 11) is 2.86. The summed E-state index contributed by atoms with van der Waals surface area (Å²) in [5, 5.41) is 2.34. The molecule has 0 fully saturated rings. The molecule has 0 heterocycles. The van der Waals surface area contributed by atoms with E-state index in [-0.39, 0.29) is 29.4 Å². The molecule has 0 radical (unpaired) electrons. The maximum Gasteiger partial charge on any atom is 0.256 e. The molecule has 3 aromatic rings. The van der Waals surface area contributed by atoms with Crippen molar-refractivity contribution in [1.82, 2.24) is 0 Å². The van der Waals surface area contributed by atoms with E-state index in [0.717, 1.165) is 11.6 Å². The van der Waals surface area contributed by atoms with Crippen LogP contribution in [-0.4, -0.2) is 20.1 Å². The number of hydrogen-bond donors (Lipinski definition) is 1. The second-order valence-corrected chi connectivity index (χ2v) is 6.04. The minimum atomic E-state index is -1.14. The first-order chi connectivity index (χ1) is 14.0. The third-order valence-corrected chi connectivity index (χ3v) is 4.15. The van der Waals surface area contributed by atoms with Gasteiger partial charge < -0.3 is 19.5 Å². The molecule has 3 aromatic carbocycles. The van der Waals surface area contributed by atoms with Gasteiger partial charge in [0.15, 0.2) is 23.1 Å². The predicted molar refractivity (Wildman–Crippen MR) is 105 cm³/mol. The summed E-state index contributed by atoms with van der Waals surface area (Å²) in [6.45, 7) is 0.271. The van der Waals surface area contributed by atoms with Gasteiger partial charge in [0.25, 0.3) is 5.91 Å². The number of methoxy groups -OCH3 is 2. The van der Waals surface area contributed by atoms with Gasteiger partial charge in [-0.25, -0.2) is 8.78 Å². The summed E-state index contributed by atoms with van der Waals surface area (Å²) < 4.78 is 43.7. The molecule has 0 unspecified atom stereocenters. The van der Waals surface area contributed by atoms with Gasteiger partial charge in [-0.3, -0.25) is 4.79 Å². The van der Waals surface area contributed by atoms with Crippen molar-refractivity contribution in [2.75, 3.05) is 19.5 Å². The fourth-order valence-corrected chi connectivity index (χ4v) is 2.68. The summed E-state index contributed by atoms with van der Waals surface area (Å²) in [4.78, 5) is 12.6. The van der Waals surface area contributed by atoms with Crippen LogP contribution in [0.5, 0.6) is 17.2 Å². The van der Waals surface area contributed by atoms with Crippen LogP contribution in [0, 0.1) is 11.6 Å². The number of amides is 1. The molecule has 29 heavy (non-hydrogen) atoms. The van der Waals surface area contributed by atoms with Crippen molar-refractivity contribution in [3.05, 3.63) is 83.4 Å². The van der Waals surface area contributed by atoms with Crippen molar-refractivity contribution in [2.45, 2.75) is 6.61 Å². The maximum absolute atomic E-state index is 13.8. The summed E-state index contributed by atoms with van der Waals surface area (Å²) >= 11 is 0. The summed E-state index contributed by atoms with van der Waals surface area (Å²) in [5.74, 6) is -1.98. The fraction of sp³-hybridized carbons (Fsp3) is 0.136. The van der Waals surface area contributed by atoms with E-state index in [2.05, 4.69) is 5.32 Å². The van der Waals surface area contributed by atoms with Crippen LogP contribution < -0.4 is 19.5 Å². The monoisotopic (exact) mass is 399 g/mol. The zero-order valence-electron chi connectivity index (χ0n) is 15.9. The molecule has 0 spiro atoms. The van der Waals surface area contributed by atoms with E-state index in [1.165, 1.54) is 38.5 Å². The van der Waals surface area contributed by atoms with E-state index in [9.17, 15) is 13.6 Å².